The molecule has 0 radical (unpaired) electrons. The molecule has 0 spiro atoms. The van der Waals surface area contributed by atoms with Crippen LogP contribution in [0.25, 0.3) is 0 Å². The Morgan fingerprint density at radius 3 is 2.62 bits per heavy atom. The molecule has 1 fully saturated rings. The average Bonchev–Trinajstić information content (AvgIpc) is 3.04. The fraction of sp³-hybridized carbons (Fsp3) is 0.300. The molecule has 1 atom stereocenters. The van der Waals surface area contributed by atoms with Crippen LogP contribution in [0.15, 0.2) is 63.3 Å². The van der Waals surface area contributed by atoms with Gasteiger partial charge in [-0.3, -0.25) is 14.5 Å². The van der Waals surface area contributed by atoms with Crippen molar-refractivity contribution in [2.45, 2.75) is 22.8 Å². The molecule has 2 aliphatic rings. The summed E-state index contributed by atoms with van der Waals surface area (Å²) in [5.41, 5.74) is 0.689. The summed E-state index contributed by atoms with van der Waals surface area (Å²) < 4.78 is 59.0. The molecular formula is C20H22N4O6S2. The number of ether oxygens (including phenoxy) is 1. The number of morpholine rings is 1. The van der Waals surface area contributed by atoms with Crippen LogP contribution in [-0.4, -0.2) is 65.2 Å². The van der Waals surface area contributed by atoms with Crippen molar-refractivity contribution in [3.05, 3.63) is 54.1 Å². The molecule has 10 nitrogen and oxygen atoms in total. The molecule has 2 N–H and O–H groups in total. The Labute approximate surface area is 186 Å². The number of carbonyl (C=O) groups excluding carboxylic acids is 1. The van der Waals surface area contributed by atoms with E-state index in [0.717, 1.165) is 0 Å². The van der Waals surface area contributed by atoms with Gasteiger partial charge in [0.2, 0.25) is 15.9 Å². The SMILES string of the molecule is C[C@H](N=C1NS(=O)(=O)c2ccccc21)C(=O)Nc1cccc(S(=O)(=O)N2CCOCC2)c1. The first-order chi connectivity index (χ1) is 15.2. The average molecular weight is 479 g/mol. The predicted octanol–water partition coefficient (Wildman–Crippen LogP) is 0.773. The van der Waals surface area contributed by atoms with Crippen molar-refractivity contribution in [2.24, 2.45) is 4.99 Å². The van der Waals surface area contributed by atoms with Gasteiger partial charge in [-0.15, -0.1) is 0 Å². The van der Waals surface area contributed by atoms with Gasteiger partial charge in [0.1, 0.15) is 11.9 Å². The molecule has 0 unspecified atom stereocenters. The van der Waals surface area contributed by atoms with Crippen molar-refractivity contribution in [1.82, 2.24) is 9.03 Å². The van der Waals surface area contributed by atoms with Crippen LogP contribution < -0.4 is 10.0 Å². The topological polar surface area (TPSA) is 134 Å². The number of aliphatic imine (C=N–C) groups is 1. The Balaban J connectivity index is 1.51. The number of sulfonamides is 2. The van der Waals surface area contributed by atoms with Crippen molar-refractivity contribution in [3.63, 3.8) is 0 Å². The number of amides is 1. The van der Waals surface area contributed by atoms with E-state index in [4.69, 9.17) is 4.74 Å². The normalized spacial score (nSPS) is 20.3. The summed E-state index contributed by atoms with van der Waals surface area (Å²) in [7, 11) is -7.42. The quantitative estimate of drug-likeness (QED) is 0.652. The molecule has 1 amide bonds. The Bertz CT molecular complexity index is 1280. The third-order valence-corrected chi connectivity index (χ3v) is 8.37. The number of nitrogens with one attached hydrogen (secondary N) is 2. The van der Waals surface area contributed by atoms with Gasteiger partial charge in [-0.25, -0.2) is 16.8 Å². The van der Waals surface area contributed by atoms with E-state index in [0.29, 0.717) is 24.5 Å². The monoisotopic (exact) mass is 478 g/mol. The molecule has 2 aromatic carbocycles. The second kappa shape index (κ2) is 8.62. The highest BCUT2D eigenvalue weighted by Crippen LogP contribution is 2.23. The third kappa shape index (κ3) is 4.39. The molecule has 0 aromatic heterocycles. The Kier molecular flexibility index (Phi) is 6.03. The summed E-state index contributed by atoms with van der Waals surface area (Å²) in [5.74, 6) is -0.422. The number of rotatable bonds is 5. The van der Waals surface area contributed by atoms with Crippen LogP contribution in [0.2, 0.25) is 0 Å². The van der Waals surface area contributed by atoms with E-state index in [-0.39, 0.29) is 28.7 Å². The van der Waals surface area contributed by atoms with E-state index in [1.165, 1.54) is 29.4 Å². The highest BCUT2D eigenvalue weighted by Gasteiger charge is 2.31. The van der Waals surface area contributed by atoms with Gasteiger partial charge in [0.25, 0.3) is 10.0 Å². The Hall–Kier alpha value is -2.80. The lowest BCUT2D eigenvalue weighted by Crippen LogP contribution is -2.40. The fourth-order valence-electron chi connectivity index (χ4n) is 3.40. The Morgan fingerprint density at radius 2 is 1.88 bits per heavy atom. The van der Waals surface area contributed by atoms with Gasteiger partial charge >= 0.3 is 0 Å². The highest BCUT2D eigenvalue weighted by molar-refractivity contribution is 7.90. The Morgan fingerprint density at radius 1 is 1.16 bits per heavy atom. The molecule has 0 aliphatic carbocycles. The fourth-order valence-corrected chi connectivity index (χ4v) is 6.09. The lowest BCUT2D eigenvalue weighted by Gasteiger charge is -2.26. The standard InChI is InChI=1S/C20H22N4O6S2/c1-14(21-19-17-7-2-3-8-18(17)31(26,27)23-19)20(25)22-15-5-4-6-16(13-15)32(28,29)24-9-11-30-12-10-24/h2-8,13-14H,9-12H2,1H3,(H,21,23)(H,22,25)/t14-/m0/s1. The van der Waals surface area contributed by atoms with Crippen LogP contribution in [0.1, 0.15) is 12.5 Å². The summed E-state index contributed by atoms with van der Waals surface area (Å²) in [5, 5.41) is 2.64. The van der Waals surface area contributed by atoms with Crippen molar-refractivity contribution < 1.29 is 26.4 Å². The van der Waals surface area contributed by atoms with E-state index < -0.39 is 32.0 Å². The molecule has 2 heterocycles. The van der Waals surface area contributed by atoms with Gasteiger partial charge in [0.05, 0.1) is 23.0 Å². The third-order valence-electron chi connectivity index (χ3n) is 5.07. The summed E-state index contributed by atoms with van der Waals surface area (Å²) in [6.45, 7) is 2.72. The molecule has 32 heavy (non-hydrogen) atoms. The highest BCUT2D eigenvalue weighted by atomic mass is 32.2. The van der Waals surface area contributed by atoms with Crippen LogP contribution in [0.3, 0.4) is 0 Å². The molecular weight excluding hydrogens is 456 g/mol. The second-order valence-electron chi connectivity index (χ2n) is 7.29. The number of fused-ring (bicyclic) bond motifs is 1. The van der Waals surface area contributed by atoms with E-state index in [2.05, 4.69) is 15.0 Å². The van der Waals surface area contributed by atoms with Crippen LogP contribution >= 0.6 is 0 Å². The predicted molar refractivity (Wildman–Crippen MR) is 117 cm³/mol. The number of hydrogen-bond donors (Lipinski definition) is 2. The molecule has 1 saturated heterocycles. The number of benzene rings is 2. The minimum Gasteiger partial charge on any atom is -0.379 e. The van der Waals surface area contributed by atoms with Crippen molar-refractivity contribution in [2.75, 3.05) is 31.6 Å². The number of nitrogens with zero attached hydrogens (tertiary/aromatic N) is 2. The van der Waals surface area contributed by atoms with E-state index in [1.54, 1.807) is 30.3 Å². The minimum absolute atomic E-state index is 0.0636. The first-order valence-corrected chi connectivity index (χ1v) is 12.8. The van der Waals surface area contributed by atoms with E-state index in [9.17, 15) is 21.6 Å². The summed E-state index contributed by atoms with van der Waals surface area (Å²) in [6, 6.07) is 11.4. The van der Waals surface area contributed by atoms with Crippen molar-refractivity contribution >= 4 is 37.5 Å². The van der Waals surface area contributed by atoms with Gasteiger partial charge < -0.3 is 10.1 Å². The molecule has 0 bridgehead atoms. The van der Waals surface area contributed by atoms with E-state index in [1.807, 2.05) is 0 Å². The smallest absolute Gasteiger partial charge is 0.263 e. The molecule has 4 rings (SSSR count). The number of hydrogen-bond acceptors (Lipinski definition) is 7. The largest absolute Gasteiger partial charge is 0.379 e. The van der Waals surface area contributed by atoms with E-state index >= 15 is 0 Å². The minimum atomic E-state index is -3.71. The van der Waals surface area contributed by atoms with Gasteiger partial charge in [-0.05, 0) is 37.3 Å². The molecule has 0 saturated carbocycles. The summed E-state index contributed by atoms with van der Waals surface area (Å²) in [4.78, 5) is 17.1. The number of amidine groups is 1. The van der Waals surface area contributed by atoms with Crippen molar-refractivity contribution in [3.8, 4) is 0 Å². The van der Waals surface area contributed by atoms with Crippen LogP contribution in [-0.2, 0) is 29.6 Å². The van der Waals surface area contributed by atoms with Crippen LogP contribution in [0.5, 0.6) is 0 Å². The van der Waals surface area contributed by atoms with Crippen molar-refractivity contribution in [1.29, 1.82) is 0 Å². The second-order valence-corrected chi connectivity index (χ2v) is 10.9. The number of carbonyl (C=O) groups is 1. The zero-order valence-corrected chi connectivity index (χ0v) is 18.8. The van der Waals surface area contributed by atoms with Gasteiger partial charge in [0.15, 0.2) is 0 Å². The molecule has 2 aromatic rings. The zero-order valence-electron chi connectivity index (χ0n) is 17.2. The maximum Gasteiger partial charge on any atom is 0.263 e. The number of anilines is 1. The molecule has 12 heteroatoms. The first-order valence-electron chi connectivity index (χ1n) is 9.87. The maximum atomic E-state index is 12.8. The first kappa shape index (κ1) is 22.4. The molecule has 2 aliphatic heterocycles. The summed E-state index contributed by atoms with van der Waals surface area (Å²) >= 11 is 0. The molecule has 170 valence electrons. The van der Waals surface area contributed by atoms with Crippen LogP contribution in [0.4, 0.5) is 5.69 Å². The zero-order chi connectivity index (χ0) is 22.9. The maximum absolute atomic E-state index is 12.8. The van der Waals surface area contributed by atoms with Gasteiger partial charge in [0, 0.05) is 24.3 Å². The summed E-state index contributed by atoms with van der Waals surface area (Å²) in [6.07, 6.45) is 0. The van der Waals surface area contributed by atoms with Gasteiger partial charge in [-0.2, -0.15) is 4.31 Å². The lowest BCUT2D eigenvalue weighted by molar-refractivity contribution is -0.117. The van der Waals surface area contributed by atoms with Crippen LogP contribution in [0, 0.1) is 0 Å². The lowest BCUT2D eigenvalue weighted by atomic mass is 10.2. The van der Waals surface area contributed by atoms with Gasteiger partial charge in [-0.1, -0.05) is 18.2 Å².